The van der Waals surface area contributed by atoms with Crippen LogP contribution in [0.2, 0.25) is 0 Å². The molecule has 3 heterocycles. The molecule has 2 aliphatic rings. The van der Waals surface area contributed by atoms with E-state index in [1.165, 1.54) is 31.2 Å². The maximum Gasteiger partial charge on any atom is 0.239 e. The first-order valence-electron chi connectivity index (χ1n) is 16.3. The van der Waals surface area contributed by atoms with E-state index in [0.29, 0.717) is 0 Å². The molecule has 5 rings (SSSR count). The van der Waals surface area contributed by atoms with E-state index in [9.17, 15) is 55.9 Å². The molecule has 0 unspecified atom stereocenters. The second-order valence-electron chi connectivity index (χ2n) is 11.9. The number of hydrogen-bond donors (Lipinski definition) is 10. The minimum absolute atomic E-state index is 0.0380. The highest BCUT2D eigenvalue weighted by molar-refractivity contribution is 5.88. The van der Waals surface area contributed by atoms with Gasteiger partial charge in [0.25, 0.3) is 0 Å². The van der Waals surface area contributed by atoms with Gasteiger partial charge in [-0.15, -0.1) is 0 Å². The highest BCUT2D eigenvalue weighted by Gasteiger charge is 2.48. The molecule has 0 aliphatic carbocycles. The van der Waals surface area contributed by atoms with E-state index in [-0.39, 0.29) is 79.2 Å². The number of phenolic OH excluding ortho intramolecular Hbond substituents is 1. The van der Waals surface area contributed by atoms with Crippen molar-refractivity contribution >= 4 is 11.0 Å². The summed E-state index contributed by atoms with van der Waals surface area (Å²) in [6, 6.07) is 6.59. The van der Waals surface area contributed by atoms with Gasteiger partial charge in [0.2, 0.25) is 17.5 Å². The zero-order chi connectivity index (χ0) is 37.7. The van der Waals surface area contributed by atoms with E-state index in [2.05, 4.69) is 0 Å². The van der Waals surface area contributed by atoms with Gasteiger partial charge < -0.3 is 88.6 Å². The van der Waals surface area contributed by atoms with Gasteiger partial charge in [0.1, 0.15) is 85.0 Å². The number of phenols is 1. The van der Waals surface area contributed by atoms with E-state index in [0.717, 1.165) is 6.07 Å². The average Bonchev–Trinajstić information content (AvgIpc) is 3.13. The van der Waals surface area contributed by atoms with Crippen LogP contribution in [0.3, 0.4) is 0 Å². The summed E-state index contributed by atoms with van der Waals surface area (Å²) in [7, 11) is 0. The molecule has 19 nitrogen and oxygen atoms in total. The first-order valence-corrected chi connectivity index (χ1v) is 16.3. The van der Waals surface area contributed by atoms with Crippen molar-refractivity contribution in [1.82, 2.24) is 0 Å². The summed E-state index contributed by atoms with van der Waals surface area (Å²) >= 11 is 0. The maximum atomic E-state index is 14.1. The predicted molar refractivity (Wildman–Crippen MR) is 173 cm³/mol. The molecule has 0 saturated carbocycles. The first-order chi connectivity index (χ1) is 24.9. The van der Waals surface area contributed by atoms with Gasteiger partial charge >= 0.3 is 0 Å². The van der Waals surface area contributed by atoms with Crippen LogP contribution < -0.4 is 24.4 Å². The van der Waals surface area contributed by atoms with Crippen LogP contribution in [0.25, 0.3) is 22.3 Å². The van der Waals surface area contributed by atoms with Gasteiger partial charge in [-0.25, -0.2) is 0 Å². The fourth-order valence-electron chi connectivity index (χ4n) is 5.60. The molecule has 19 heteroatoms. The van der Waals surface area contributed by atoms with Crippen LogP contribution in [-0.4, -0.2) is 159 Å². The minimum atomic E-state index is -1.98. The largest absolute Gasteiger partial charge is 0.507 e. The van der Waals surface area contributed by atoms with Gasteiger partial charge in [0.15, 0.2) is 23.5 Å². The third-order valence-electron chi connectivity index (χ3n) is 8.31. The molecule has 0 radical (unpaired) electrons. The Hall–Kier alpha value is -3.83. The predicted octanol–water partition coefficient (Wildman–Crippen LogP) is -2.69. The highest BCUT2D eigenvalue weighted by atomic mass is 16.7. The zero-order valence-electron chi connectivity index (χ0n) is 27.8. The van der Waals surface area contributed by atoms with Crippen LogP contribution in [0, 0.1) is 0 Å². The first kappa shape index (κ1) is 39.4. The Balaban J connectivity index is 1.53. The molecule has 2 fully saturated rings. The molecule has 2 aliphatic heterocycles. The molecule has 2 aromatic carbocycles. The Morgan fingerprint density at radius 1 is 0.712 bits per heavy atom. The molecule has 52 heavy (non-hydrogen) atoms. The Labute approximate surface area is 294 Å². The number of fused-ring (bicyclic) bond motifs is 1. The van der Waals surface area contributed by atoms with Gasteiger partial charge in [-0.2, -0.15) is 0 Å². The van der Waals surface area contributed by atoms with Gasteiger partial charge in [0, 0.05) is 17.7 Å². The van der Waals surface area contributed by atoms with E-state index < -0.39 is 84.9 Å². The minimum Gasteiger partial charge on any atom is -0.507 e. The van der Waals surface area contributed by atoms with E-state index in [4.69, 9.17) is 37.6 Å². The number of benzene rings is 2. The summed E-state index contributed by atoms with van der Waals surface area (Å²) in [5.74, 6) is -1.31. The lowest BCUT2D eigenvalue weighted by Crippen LogP contribution is -2.61. The Morgan fingerprint density at radius 2 is 1.35 bits per heavy atom. The summed E-state index contributed by atoms with van der Waals surface area (Å²) in [4.78, 5) is 14.1. The van der Waals surface area contributed by atoms with Crippen molar-refractivity contribution in [3.8, 4) is 40.1 Å². The second-order valence-corrected chi connectivity index (χ2v) is 11.9. The number of aromatic hydroxyl groups is 1. The number of hydrogen-bond acceptors (Lipinski definition) is 19. The smallest absolute Gasteiger partial charge is 0.239 e. The van der Waals surface area contributed by atoms with E-state index in [1.54, 1.807) is 0 Å². The van der Waals surface area contributed by atoms with E-state index >= 15 is 0 Å². The topological polar surface area (TPSA) is 297 Å². The highest BCUT2D eigenvalue weighted by Crippen LogP contribution is 2.40. The van der Waals surface area contributed by atoms with Crippen molar-refractivity contribution in [2.24, 2.45) is 0 Å². The quantitative estimate of drug-likeness (QED) is 0.0758. The lowest BCUT2D eigenvalue weighted by molar-refractivity contribution is -0.318. The maximum absolute atomic E-state index is 14.1. The van der Waals surface area contributed by atoms with Crippen molar-refractivity contribution in [1.29, 1.82) is 0 Å². The van der Waals surface area contributed by atoms with Crippen LogP contribution in [0.4, 0.5) is 0 Å². The van der Waals surface area contributed by atoms with Crippen molar-refractivity contribution in [2.45, 2.75) is 68.3 Å². The molecule has 2 saturated heterocycles. The molecule has 0 amide bonds. The molecular weight excluding hydrogens is 700 g/mol. The fraction of sp³-hybridized carbons (Fsp3) is 0.545. The third kappa shape index (κ3) is 8.36. The number of ether oxygens (including phenoxy) is 7. The SMILES string of the molecule is C[C@H]1O[C@H](OC[C@H]2O[C@@H](Oc3c(-c4ccc(OCCO)c(OCCO)c4)oc4cc(OCCO)cc(O)c4c3=O)[C@H](O)[C@@H](O)[C@@H]2O)[C@@H](O)[C@@H](O)[C@@H]1O. The monoisotopic (exact) mass is 742 g/mol. The molecule has 0 bridgehead atoms. The molecule has 3 aromatic rings. The number of aliphatic hydroxyl groups excluding tert-OH is 9. The van der Waals surface area contributed by atoms with Crippen molar-refractivity contribution < 1.29 is 88.6 Å². The molecule has 10 atom stereocenters. The lowest BCUT2D eigenvalue weighted by Gasteiger charge is -2.42. The van der Waals surface area contributed by atoms with Crippen LogP contribution in [0.15, 0.2) is 39.5 Å². The van der Waals surface area contributed by atoms with Crippen molar-refractivity contribution in [3.05, 3.63) is 40.6 Å². The molecule has 288 valence electrons. The standard InChI is InChI=1S/C33H42O19/c1-14-23(38)26(41)28(43)32(49-14)48-13-21-24(39)27(42)29(44)33(51-21)52-31-25(40)22-17(37)11-16(45-7-4-34)12-20(22)50-30(31)15-2-3-18(46-8-5-35)19(10-15)47-9-6-36/h2-3,10-12,14,21,23-24,26-29,32-39,41-44H,4-9,13H2,1H3/t14-,21-,23-,24-,26+,27+,28+,29-,32+,33+/m1/s1. The van der Waals surface area contributed by atoms with Gasteiger partial charge in [-0.05, 0) is 25.1 Å². The molecular formula is C33H42O19. The van der Waals surface area contributed by atoms with Crippen LogP contribution >= 0.6 is 0 Å². The molecule has 1 aromatic heterocycles. The van der Waals surface area contributed by atoms with Gasteiger partial charge in [0.05, 0.1) is 32.5 Å². The second kappa shape index (κ2) is 17.3. The number of aliphatic hydroxyl groups is 9. The molecule has 0 spiro atoms. The summed E-state index contributed by atoms with van der Waals surface area (Å²) < 4.78 is 45.1. The molecule has 10 N–H and O–H groups in total. The van der Waals surface area contributed by atoms with Gasteiger partial charge in [-0.1, -0.05) is 0 Å². The zero-order valence-corrected chi connectivity index (χ0v) is 27.8. The summed E-state index contributed by atoms with van der Waals surface area (Å²) in [6.45, 7) is -0.648. The van der Waals surface area contributed by atoms with Crippen molar-refractivity contribution in [3.63, 3.8) is 0 Å². The normalized spacial score (nSPS) is 29.2. The lowest BCUT2D eigenvalue weighted by atomic mass is 9.98. The summed E-state index contributed by atoms with van der Waals surface area (Å²) in [6.07, 6.45) is -16.3. The summed E-state index contributed by atoms with van der Waals surface area (Å²) in [5, 5.41) is 101. The van der Waals surface area contributed by atoms with E-state index in [1.807, 2.05) is 0 Å². The Morgan fingerprint density at radius 3 is 2.04 bits per heavy atom. The van der Waals surface area contributed by atoms with Crippen LogP contribution in [0.1, 0.15) is 6.92 Å². The van der Waals surface area contributed by atoms with Crippen LogP contribution in [0.5, 0.6) is 28.7 Å². The van der Waals surface area contributed by atoms with Crippen LogP contribution in [-0.2, 0) is 14.2 Å². The third-order valence-corrected chi connectivity index (χ3v) is 8.31. The Kier molecular flexibility index (Phi) is 13.1. The Bertz CT molecular complexity index is 1700. The number of rotatable bonds is 15. The van der Waals surface area contributed by atoms with Gasteiger partial charge in [-0.3, -0.25) is 4.79 Å². The summed E-state index contributed by atoms with van der Waals surface area (Å²) in [5.41, 5.74) is -1.08. The fourth-order valence-corrected chi connectivity index (χ4v) is 5.60. The average molecular weight is 743 g/mol. The van der Waals surface area contributed by atoms with Crippen molar-refractivity contribution in [2.75, 3.05) is 46.2 Å².